The summed E-state index contributed by atoms with van der Waals surface area (Å²) in [4.78, 5) is 38.3. The first-order valence-corrected chi connectivity index (χ1v) is 9.75. The molecule has 8 heteroatoms. The van der Waals surface area contributed by atoms with Crippen LogP contribution in [0.4, 0.5) is 10.5 Å². The molecular weight excluding hydrogens is 382 g/mol. The van der Waals surface area contributed by atoms with E-state index >= 15 is 0 Å². The third-order valence-electron chi connectivity index (χ3n) is 4.41. The number of carbonyl (C=O) groups excluding carboxylic acids is 3. The summed E-state index contributed by atoms with van der Waals surface area (Å²) in [5, 5.41) is 5.95. The highest BCUT2D eigenvalue weighted by Crippen LogP contribution is 2.23. The van der Waals surface area contributed by atoms with Gasteiger partial charge in [-0.1, -0.05) is 17.7 Å². The molecule has 7 nitrogen and oxygen atoms in total. The maximum atomic E-state index is 12.4. The summed E-state index contributed by atoms with van der Waals surface area (Å²) in [5.41, 5.74) is 0.799. The van der Waals surface area contributed by atoms with Gasteiger partial charge in [0.2, 0.25) is 11.8 Å². The third-order valence-corrected chi connectivity index (χ3v) is 4.82. The molecule has 0 spiro atoms. The maximum absolute atomic E-state index is 12.4. The van der Waals surface area contributed by atoms with E-state index in [9.17, 15) is 14.4 Å². The van der Waals surface area contributed by atoms with E-state index in [0.717, 1.165) is 5.56 Å². The molecule has 1 aliphatic heterocycles. The summed E-state index contributed by atoms with van der Waals surface area (Å²) < 4.78 is 5.37. The Balaban J connectivity index is 1.84. The Morgan fingerprint density at radius 2 is 2.00 bits per heavy atom. The van der Waals surface area contributed by atoms with Crippen molar-refractivity contribution in [3.8, 4) is 0 Å². The average molecular weight is 410 g/mol. The van der Waals surface area contributed by atoms with Crippen LogP contribution in [0.15, 0.2) is 18.2 Å². The Kier molecular flexibility index (Phi) is 7.29. The summed E-state index contributed by atoms with van der Waals surface area (Å²) in [6.07, 6.45) is 0.963. The number of hydrogen-bond donors (Lipinski definition) is 2. The number of piperidine rings is 1. The van der Waals surface area contributed by atoms with Crippen LogP contribution in [0.2, 0.25) is 5.02 Å². The number of likely N-dealkylation sites (tertiary alicyclic amines) is 1. The molecule has 1 fully saturated rings. The van der Waals surface area contributed by atoms with Gasteiger partial charge in [-0.25, -0.2) is 4.79 Å². The second kappa shape index (κ2) is 9.28. The highest BCUT2D eigenvalue weighted by molar-refractivity contribution is 6.31. The highest BCUT2D eigenvalue weighted by atomic mass is 35.5. The first-order chi connectivity index (χ1) is 13.1. The number of rotatable bonds is 4. The lowest BCUT2D eigenvalue weighted by atomic mass is 9.97. The predicted octanol–water partition coefficient (Wildman–Crippen LogP) is 3.35. The second-order valence-corrected chi connectivity index (χ2v) is 8.35. The molecule has 0 bridgehead atoms. The lowest BCUT2D eigenvalue weighted by Crippen LogP contribution is -2.47. The minimum atomic E-state index is -0.581. The molecule has 28 heavy (non-hydrogen) atoms. The average Bonchev–Trinajstić information content (AvgIpc) is 2.62. The molecule has 2 N–H and O–H groups in total. The Morgan fingerprint density at radius 1 is 1.29 bits per heavy atom. The molecule has 2 rings (SSSR count). The number of nitrogens with one attached hydrogen (secondary N) is 2. The van der Waals surface area contributed by atoms with Crippen LogP contribution in [-0.2, 0) is 14.3 Å². The minimum absolute atomic E-state index is 0.145. The van der Waals surface area contributed by atoms with E-state index < -0.39 is 11.7 Å². The van der Waals surface area contributed by atoms with Gasteiger partial charge in [0.1, 0.15) is 5.60 Å². The zero-order chi connectivity index (χ0) is 20.9. The Bertz CT molecular complexity index is 745. The Hall–Kier alpha value is -2.28. The SMILES string of the molecule is Cc1c(Cl)cccc1NC(=O)CNC(=O)C1CCCN(C(=O)OC(C)(C)C)C1. The fourth-order valence-corrected chi connectivity index (χ4v) is 3.11. The van der Waals surface area contributed by atoms with Crippen molar-refractivity contribution in [2.75, 3.05) is 25.0 Å². The smallest absolute Gasteiger partial charge is 0.410 e. The van der Waals surface area contributed by atoms with Crippen LogP contribution in [0, 0.1) is 12.8 Å². The highest BCUT2D eigenvalue weighted by Gasteiger charge is 2.31. The van der Waals surface area contributed by atoms with Crippen LogP contribution in [0.1, 0.15) is 39.2 Å². The fraction of sp³-hybridized carbons (Fsp3) is 0.550. The third kappa shape index (κ3) is 6.41. The number of halogens is 1. The van der Waals surface area contributed by atoms with Crippen LogP contribution >= 0.6 is 11.6 Å². The van der Waals surface area contributed by atoms with Crippen LogP contribution < -0.4 is 10.6 Å². The van der Waals surface area contributed by atoms with Crippen LogP contribution in [-0.4, -0.2) is 48.0 Å². The molecule has 1 saturated heterocycles. The molecule has 1 unspecified atom stereocenters. The van der Waals surface area contributed by atoms with Gasteiger partial charge in [0.15, 0.2) is 0 Å². The molecule has 0 radical (unpaired) electrons. The number of benzene rings is 1. The minimum Gasteiger partial charge on any atom is -0.444 e. The predicted molar refractivity (Wildman–Crippen MR) is 108 cm³/mol. The second-order valence-electron chi connectivity index (χ2n) is 7.94. The van der Waals surface area contributed by atoms with Crippen molar-refractivity contribution in [2.45, 2.75) is 46.1 Å². The number of hydrogen-bond acceptors (Lipinski definition) is 4. The zero-order valence-electron chi connectivity index (χ0n) is 16.8. The van der Waals surface area contributed by atoms with Crippen molar-refractivity contribution in [1.29, 1.82) is 0 Å². The number of anilines is 1. The first-order valence-electron chi connectivity index (χ1n) is 9.37. The summed E-state index contributed by atoms with van der Waals surface area (Å²) in [6.45, 7) is 7.93. The standard InChI is InChI=1S/C20H28ClN3O4/c1-13-15(21)8-5-9-16(13)23-17(25)11-22-18(26)14-7-6-10-24(12-14)19(27)28-20(2,3)4/h5,8-9,14H,6-7,10-12H2,1-4H3,(H,22,26)(H,23,25). The largest absolute Gasteiger partial charge is 0.444 e. The molecule has 154 valence electrons. The zero-order valence-corrected chi connectivity index (χ0v) is 17.6. The van der Waals surface area contributed by atoms with Gasteiger partial charge in [-0.05, 0) is 58.2 Å². The molecule has 0 saturated carbocycles. The summed E-state index contributed by atoms with van der Waals surface area (Å²) in [6, 6.07) is 5.24. The van der Waals surface area contributed by atoms with Crippen LogP contribution in [0.5, 0.6) is 0 Å². The van der Waals surface area contributed by atoms with E-state index in [1.54, 1.807) is 43.9 Å². The van der Waals surface area contributed by atoms with E-state index in [1.165, 1.54) is 0 Å². The van der Waals surface area contributed by atoms with Crippen molar-refractivity contribution < 1.29 is 19.1 Å². The Morgan fingerprint density at radius 3 is 2.68 bits per heavy atom. The van der Waals surface area contributed by atoms with Gasteiger partial charge in [-0.3, -0.25) is 9.59 Å². The molecule has 0 aromatic heterocycles. The molecule has 1 aromatic carbocycles. The van der Waals surface area contributed by atoms with Crippen molar-refractivity contribution >= 4 is 35.2 Å². The maximum Gasteiger partial charge on any atom is 0.410 e. The summed E-state index contributed by atoms with van der Waals surface area (Å²) >= 11 is 6.04. The molecular formula is C20H28ClN3O4. The number of nitrogens with zero attached hydrogens (tertiary/aromatic N) is 1. The van der Waals surface area contributed by atoms with E-state index in [4.69, 9.17) is 16.3 Å². The number of carbonyl (C=O) groups is 3. The quantitative estimate of drug-likeness (QED) is 0.798. The van der Waals surface area contributed by atoms with E-state index in [1.807, 2.05) is 6.92 Å². The van der Waals surface area contributed by atoms with Gasteiger partial charge in [0.05, 0.1) is 12.5 Å². The topological polar surface area (TPSA) is 87.7 Å². The van der Waals surface area contributed by atoms with Crippen LogP contribution in [0.25, 0.3) is 0 Å². The van der Waals surface area contributed by atoms with Gasteiger partial charge in [-0.15, -0.1) is 0 Å². The van der Waals surface area contributed by atoms with Gasteiger partial charge < -0.3 is 20.3 Å². The van der Waals surface area contributed by atoms with Crippen molar-refractivity contribution in [3.63, 3.8) is 0 Å². The summed E-state index contributed by atoms with van der Waals surface area (Å²) in [7, 11) is 0. The molecule has 1 atom stereocenters. The molecule has 3 amide bonds. The van der Waals surface area contributed by atoms with Gasteiger partial charge >= 0.3 is 6.09 Å². The molecule has 1 heterocycles. The number of ether oxygens (including phenoxy) is 1. The van der Waals surface area contributed by atoms with Crippen molar-refractivity contribution in [2.24, 2.45) is 5.92 Å². The van der Waals surface area contributed by atoms with Gasteiger partial charge in [0.25, 0.3) is 0 Å². The monoisotopic (exact) mass is 409 g/mol. The lowest BCUT2D eigenvalue weighted by Gasteiger charge is -2.33. The summed E-state index contributed by atoms with van der Waals surface area (Å²) in [5.74, 6) is -0.938. The van der Waals surface area contributed by atoms with Crippen molar-refractivity contribution in [3.05, 3.63) is 28.8 Å². The van der Waals surface area contributed by atoms with E-state index in [-0.39, 0.29) is 30.8 Å². The normalized spacial score (nSPS) is 17.0. The lowest BCUT2D eigenvalue weighted by molar-refractivity contribution is -0.128. The van der Waals surface area contributed by atoms with Crippen molar-refractivity contribution in [1.82, 2.24) is 10.2 Å². The first kappa shape index (κ1) is 22.0. The Labute approximate surface area is 170 Å². The molecule has 1 aromatic rings. The van der Waals surface area contributed by atoms with E-state index in [0.29, 0.717) is 30.1 Å². The number of amides is 3. The molecule has 0 aliphatic carbocycles. The molecule has 1 aliphatic rings. The van der Waals surface area contributed by atoms with E-state index in [2.05, 4.69) is 10.6 Å². The van der Waals surface area contributed by atoms with Gasteiger partial charge in [0, 0.05) is 23.8 Å². The van der Waals surface area contributed by atoms with Crippen LogP contribution in [0.3, 0.4) is 0 Å². The fourth-order valence-electron chi connectivity index (χ4n) is 2.93. The van der Waals surface area contributed by atoms with Gasteiger partial charge in [-0.2, -0.15) is 0 Å².